The SMILES string of the molecule is CCNc1ncc(COC(C(F)(F)F)C(F)(F)F)s1. The summed E-state index contributed by atoms with van der Waals surface area (Å²) in [6, 6.07) is 0. The molecule has 0 saturated heterocycles. The molecule has 0 aromatic carbocycles. The molecule has 0 aliphatic carbocycles. The van der Waals surface area contributed by atoms with Gasteiger partial charge in [0.05, 0.1) is 11.5 Å². The Morgan fingerprint density at radius 3 is 2.32 bits per heavy atom. The van der Waals surface area contributed by atoms with Crippen molar-refractivity contribution in [3.8, 4) is 0 Å². The Bertz CT molecular complexity index is 388. The molecule has 1 heterocycles. The monoisotopic (exact) mass is 308 g/mol. The van der Waals surface area contributed by atoms with Gasteiger partial charge in [0.2, 0.25) is 6.10 Å². The average molecular weight is 308 g/mol. The van der Waals surface area contributed by atoms with Gasteiger partial charge in [0.15, 0.2) is 5.13 Å². The molecule has 0 saturated carbocycles. The largest absolute Gasteiger partial charge is 0.423 e. The van der Waals surface area contributed by atoms with Gasteiger partial charge in [-0.05, 0) is 6.92 Å². The minimum absolute atomic E-state index is 0.175. The van der Waals surface area contributed by atoms with E-state index in [4.69, 9.17) is 0 Å². The zero-order valence-corrected chi connectivity index (χ0v) is 10.4. The number of thiazole rings is 1. The molecule has 1 aromatic rings. The summed E-state index contributed by atoms with van der Waals surface area (Å²) < 4.78 is 77.0. The van der Waals surface area contributed by atoms with Crippen LogP contribution in [0.1, 0.15) is 11.8 Å². The van der Waals surface area contributed by atoms with Crippen LogP contribution in [0.4, 0.5) is 31.5 Å². The molecule has 0 radical (unpaired) electrons. The van der Waals surface area contributed by atoms with Crippen molar-refractivity contribution in [3.63, 3.8) is 0 Å². The Hall–Kier alpha value is -1.03. The minimum atomic E-state index is -5.49. The molecular weight excluding hydrogens is 298 g/mol. The number of nitrogens with one attached hydrogen (secondary N) is 1. The van der Waals surface area contributed by atoms with Crippen molar-refractivity contribution in [2.24, 2.45) is 0 Å². The van der Waals surface area contributed by atoms with Crippen molar-refractivity contribution < 1.29 is 31.1 Å². The number of aromatic nitrogens is 1. The van der Waals surface area contributed by atoms with Crippen LogP contribution in [-0.4, -0.2) is 30.0 Å². The summed E-state index contributed by atoms with van der Waals surface area (Å²) >= 11 is 0.939. The predicted octanol–water partition coefficient (Wildman–Crippen LogP) is 3.58. The molecule has 1 N–H and O–H groups in total. The summed E-state index contributed by atoms with van der Waals surface area (Å²) in [6.45, 7) is 1.52. The molecule has 19 heavy (non-hydrogen) atoms. The van der Waals surface area contributed by atoms with E-state index in [1.165, 1.54) is 6.20 Å². The highest BCUT2D eigenvalue weighted by Gasteiger charge is 2.57. The molecule has 1 rings (SSSR count). The fraction of sp³-hybridized carbons (Fsp3) is 0.667. The third-order valence-corrected chi connectivity index (χ3v) is 2.80. The van der Waals surface area contributed by atoms with Gasteiger partial charge in [0.1, 0.15) is 0 Å². The first-order valence-corrected chi connectivity index (χ1v) is 5.90. The van der Waals surface area contributed by atoms with Crippen LogP contribution in [0.3, 0.4) is 0 Å². The number of nitrogens with zero attached hydrogens (tertiary/aromatic N) is 1. The van der Waals surface area contributed by atoms with Crippen molar-refractivity contribution >= 4 is 16.5 Å². The van der Waals surface area contributed by atoms with E-state index in [-0.39, 0.29) is 4.88 Å². The summed E-state index contributed by atoms with van der Waals surface area (Å²) in [6.07, 6.45) is -13.6. The second kappa shape index (κ2) is 5.95. The highest BCUT2D eigenvalue weighted by atomic mass is 32.1. The summed E-state index contributed by atoms with van der Waals surface area (Å²) in [4.78, 5) is 3.95. The smallest absolute Gasteiger partial charge is 0.362 e. The molecule has 0 unspecified atom stereocenters. The Labute approximate surface area is 108 Å². The summed E-state index contributed by atoms with van der Waals surface area (Å²) in [7, 11) is 0. The van der Waals surface area contributed by atoms with Crippen molar-refractivity contribution in [2.45, 2.75) is 32.0 Å². The summed E-state index contributed by atoms with van der Waals surface area (Å²) in [5.74, 6) is 0. The molecule has 0 bridgehead atoms. The maximum Gasteiger partial charge on any atom is 0.423 e. The van der Waals surface area contributed by atoms with Crippen LogP contribution in [0.5, 0.6) is 0 Å². The minimum Gasteiger partial charge on any atom is -0.362 e. The Balaban J connectivity index is 2.66. The molecule has 0 spiro atoms. The third kappa shape index (κ3) is 4.86. The van der Waals surface area contributed by atoms with E-state index in [0.29, 0.717) is 11.7 Å². The fourth-order valence-corrected chi connectivity index (χ4v) is 1.95. The van der Waals surface area contributed by atoms with Gasteiger partial charge in [0.25, 0.3) is 0 Å². The van der Waals surface area contributed by atoms with Crippen molar-refractivity contribution in [1.29, 1.82) is 0 Å². The topological polar surface area (TPSA) is 34.2 Å². The van der Waals surface area contributed by atoms with Crippen LogP contribution in [0.15, 0.2) is 6.20 Å². The van der Waals surface area contributed by atoms with Crippen molar-refractivity contribution in [3.05, 3.63) is 11.1 Å². The average Bonchev–Trinajstić information content (AvgIpc) is 2.62. The van der Waals surface area contributed by atoms with Gasteiger partial charge in [0, 0.05) is 12.7 Å². The Kier molecular flexibility index (Phi) is 5.02. The van der Waals surface area contributed by atoms with Gasteiger partial charge in [-0.2, -0.15) is 26.3 Å². The van der Waals surface area contributed by atoms with Crippen LogP contribution in [0.2, 0.25) is 0 Å². The highest BCUT2D eigenvalue weighted by molar-refractivity contribution is 7.15. The first-order valence-electron chi connectivity index (χ1n) is 5.08. The summed E-state index contributed by atoms with van der Waals surface area (Å²) in [5, 5.41) is 3.20. The Morgan fingerprint density at radius 1 is 1.26 bits per heavy atom. The molecule has 10 heteroatoms. The number of hydrogen-bond donors (Lipinski definition) is 1. The van der Waals surface area contributed by atoms with E-state index in [1.807, 2.05) is 0 Å². The second-order valence-corrected chi connectivity index (χ2v) is 4.55. The number of ether oxygens (including phenoxy) is 1. The van der Waals surface area contributed by atoms with Crippen molar-refractivity contribution in [2.75, 3.05) is 11.9 Å². The number of hydrogen-bond acceptors (Lipinski definition) is 4. The molecule has 0 aliphatic rings. The molecule has 1 aromatic heterocycles. The molecule has 0 aliphatic heterocycles. The molecule has 0 atom stereocenters. The number of anilines is 1. The molecular formula is C9H10F6N2OS. The zero-order chi connectivity index (χ0) is 14.7. The van der Waals surface area contributed by atoms with E-state index in [1.54, 1.807) is 6.92 Å². The molecule has 0 amide bonds. The van der Waals surface area contributed by atoms with Crippen LogP contribution in [0.25, 0.3) is 0 Å². The maximum atomic E-state index is 12.2. The lowest BCUT2D eigenvalue weighted by atomic mass is 10.3. The Morgan fingerprint density at radius 2 is 1.84 bits per heavy atom. The fourth-order valence-electron chi connectivity index (χ4n) is 1.15. The lowest BCUT2D eigenvalue weighted by Gasteiger charge is -2.22. The van der Waals surface area contributed by atoms with Gasteiger partial charge < -0.3 is 10.1 Å². The summed E-state index contributed by atoms with van der Waals surface area (Å²) in [5.41, 5.74) is 0. The van der Waals surface area contributed by atoms with Gasteiger partial charge >= 0.3 is 12.4 Å². The van der Waals surface area contributed by atoms with E-state index in [9.17, 15) is 26.3 Å². The van der Waals surface area contributed by atoms with Crippen LogP contribution in [0, 0.1) is 0 Å². The predicted molar refractivity (Wildman–Crippen MR) is 57.0 cm³/mol. The second-order valence-electron chi connectivity index (χ2n) is 3.44. The van der Waals surface area contributed by atoms with Crippen LogP contribution < -0.4 is 5.32 Å². The van der Waals surface area contributed by atoms with E-state index >= 15 is 0 Å². The zero-order valence-electron chi connectivity index (χ0n) is 9.60. The first kappa shape index (κ1) is 16.0. The molecule has 0 fully saturated rings. The van der Waals surface area contributed by atoms with Crippen LogP contribution >= 0.6 is 11.3 Å². The van der Waals surface area contributed by atoms with E-state index < -0.39 is 25.1 Å². The van der Waals surface area contributed by atoms with Gasteiger partial charge in [-0.3, -0.25) is 0 Å². The van der Waals surface area contributed by atoms with E-state index in [2.05, 4.69) is 15.0 Å². The molecule has 3 nitrogen and oxygen atoms in total. The maximum absolute atomic E-state index is 12.2. The lowest BCUT2D eigenvalue weighted by molar-refractivity contribution is -0.324. The third-order valence-electron chi connectivity index (χ3n) is 1.87. The number of alkyl halides is 6. The van der Waals surface area contributed by atoms with Gasteiger partial charge in [-0.25, -0.2) is 4.98 Å². The first-order chi connectivity index (χ1) is 8.64. The van der Waals surface area contributed by atoms with Gasteiger partial charge in [-0.15, -0.1) is 0 Å². The lowest BCUT2D eigenvalue weighted by Crippen LogP contribution is -2.44. The quantitative estimate of drug-likeness (QED) is 0.844. The standard InChI is InChI=1S/C9H10F6N2OS/c1-2-16-7-17-3-5(19-7)4-18-6(8(10,11)12)9(13,14)15/h3,6H,2,4H2,1H3,(H,16,17). The number of halogens is 6. The normalized spacial score (nSPS) is 13.1. The van der Waals surface area contributed by atoms with Crippen molar-refractivity contribution in [1.82, 2.24) is 4.98 Å². The van der Waals surface area contributed by atoms with E-state index in [0.717, 1.165) is 11.3 Å². The van der Waals surface area contributed by atoms with Crippen LogP contribution in [-0.2, 0) is 11.3 Å². The highest BCUT2D eigenvalue weighted by Crippen LogP contribution is 2.36. The van der Waals surface area contributed by atoms with Gasteiger partial charge in [-0.1, -0.05) is 11.3 Å². The number of rotatable bonds is 5. The molecule has 110 valence electrons.